The van der Waals surface area contributed by atoms with Gasteiger partial charge in [0.2, 0.25) is 5.91 Å². The highest BCUT2D eigenvalue weighted by Gasteiger charge is 2.26. The molecule has 0 spiro atoms. The highest BCUT2D eigenvalue weighted by molar-refractivity contribution is 7.99. The summed E-state index contributed by atoms with van der Waals surface area (Å²) in [6.45, 7) is 8.29. The van der Waals surface area contributed by atoms with E-state index in [1.165, 1.54) is 11.8 Å². The molecule has 5 nitrogen and oxygen atoms in total. The normalized spacial score (nSPS) is 20.7. The van der Waals surface area contributed by atoms with Crippen molar-refractivity contribution in [1.82, 2.24) is 14.5 Å². The molecular weight excluding hydrogens is 334 g/mol. The number of imidazole rings is 1. The number of carbonyl (C=O) groups is 1. The van der Waals surface area contributed by atoms with Crippen LogP contribution in [-0.2, 0) is 16.1 Å². The molecule has 134 valence electrons. The van der Waals surface area contributed by atoms with Crippen LogP contribution in [0.4, 0.5) is 0 Å². The molecule has 2 unspecified atom stereocenters. The molecule has 1 aliphatic heterocycles. The van der Waals surface area contributed by atoms with Crippen molar-refractivity contribution >= 4 is 17.7 Å². The van der Waals surface area contributed by atoms with Gasteiger partial charge in [0.25, 0.3) is 0 Å². The molecule has 6 heteroatoms. The van der Waals surface area contributed by atoms with Crippen LogP contribution in [0.15, 0.2) is 41.7 Å². The molecule has 1 fully saturated rings. The third kappa shape index (κ3) is 4.25. The third-order valence-electron chi connectivity index (χ3n) is 4.30. The minimum Gasteiger partial charge on any atom is -0.372 e. The Balaban J connectivity index is 1.67. The van der Waals surface area contributed by atoms with Crippen molar-refractivity contribution in [2.45, 2.75) is 44.7 Å². The van der Waals surface area contributed by atoms with Gasteiger partial charge in [0.1, 0.15) is 0 Å². The first-order valence-corrected chi connectivity index (χ1v) is 9.74. The molecule has 1 aliphatic rings. The second-order valence-electron chi connectivity index (χ2n) is 6.38. The van der Waals surface area contributed by atoms with E-state index in [1.54, 1.807) is 0 Å². The summed E-state index contributed by atoms with van der Waals surface area (Å²) < 4.78 is 7.87. The highest BCUT2D eigenvalue weighted by atomic mass is 32.2. The number of benzene rings is 1. The van der Waals surface area contributed by atoms with Crippen molar-refractivity contribution in [2.24, 2.45) is 0 Å². The van der Waals surface area contributed by atoms with E-state index in [9.17, 15) is 4.79 Å². The average Bonchev–Trinajstić information content (AvgIpc) is 3.02. The van der Waals surface area contributed by atoms with Crippen molar-refractivity contribution in [2.75, 3.05) is 18.8 Å². The number of hydrogen-bond donors (Lipinski definition) is 0. The molecule has 25 heavy (non-hydrogen) atoms. The van der Waals surface area contributed by atoms with E-state index in [2.05, 4.69) is 28.6 Å². The predicted molar refractivity (Wildman–Crippen MR) is 101 cm³/mol. The van der Waals surface area contributed by atoms with Gasteiger partial charge in [-0.1, -0.05) is 42.1 Å². The molecule has 2 aromatic rings. The summed E-state index contributed by atoms with van der Waals surface area (Å²) in [7, 11) is 0. The molecule has 0 N–H and O–H groups in total. The molecule has 2 atom stereocenters. The van der Waals surface area contributed by atoms with Crippen LogP contribution in [-0.4, -0.2) is 51.4 Å². The molecule has 0 aliphatic carbocycles. The predicted octanol–water partition coefficient (Wildman–Crippen LogP) is 3.30. The van der Waals surface area contributed by atoms with Crippen LogP contribution >= 0.6 is 11.8 Å². The van der Waals surface area contributed by atoms with Crippen molar-refractivity contribution in [1.29, 1.82) is 0 Å². The van der Waals surface area contributed by atoms with Crippen molar-refractivity contribution in [3.63, 3.8) is 0 Å². The number of rotatable bonds is 5. The Labute approximate surface area is 153 Å². The molecule has 1 amide bonds. The van der Waals surface area contributed by atoms with Crippen LogP contribution in [0.2, 0.25) is 0 Å². The van der Waals surface area contributed by atoms with Gasteiger partial charge in [-0.05, 0) is 26.3 Å². The summed E-state index contributed by atoms with van der Waals surface area (Å²) in [5, 5.41) is 0.893. The van der Waals surface area contributed by atoms with Gasteiger partial charge in [0.05, 0.1) is 29.9 Å². The van der Waals surface area contributed by atoms with E-state index in [4.69, 9.17) is 4.74 Å². The summed E-state index contributed by atoms with van der Waals surface area (Å²) in [4.78, 5) is 19.0. The van der Waals surface area contributed by atoms with Crippen LogP contribution < -0.4 is 0 Å². The van der Waals surface area contributed by atoms with Gasteiger partial charge < -0.3 is 14.2 Å². The fraction of sp³-hybridized carbons (Fsp3) is 0.474. The number of amides is 1. The molecule has 0 saturated carbocycles. The van der Waals surface area contributed by atoms with Crippen molar-refractivity contribution in [3.8, 4) is 11.3 Å². The van der Waals surface area contributed by atoms with Crippen molar-refractivity contribution in [3.05, 3.63) is 36.5 Å². The van der Waals surface area contributed by atoms with Crippen LogP contribution in [0.3, 0.4) is 0 Å². The number of morpholine rings is 1. The van der Waals surface area contributed by atoms with E-state index in [0.717, 1.165) is 23.0 Å². The van der Waals surface area contributed by atoms with E-state index in [-0.39, 0.29) is 18.1 Å². The minimum absolute atomic E-state index is 0.0972. The molecular formula is C19H25N3O2S. The SMILES string of the molecule is CCn1c(-c2ccccc2)cnc1SCC(=O)N1CC(C)OC(C)C1. The third-order valence-corrected chi connectivity index (χ3v) is 5.28. The van der Waals surface area contributed by atoms with Crippen LogP contribution in [0.25, 0.3) is 11.3 Å². The summed E-state index contributed by atoms with van der Waals surface area (Å²) >= 11 is 1.51. The van der Waals surface area contributed by atoms with E-state index >= 15 is 0 Å². The maximum absolute atomic E-state index is 12.6. The Bertz CT molecular complexity index is 707. The lowest BCUT2D eigenvalue weighted by molar-refractivity contribution is -0.140. The Hall–Kier alpha value is -1.79. The van der Waals surface area contributed by atoms with Crippen molar-refractivity contribution < 1.29 is 9.53 Å². The monoisotopic (exact) mass is 359 g/mol. The zero-order valence-electron chi connectivity index (χ0n) is 15.0. The lowest BCUT2D eigenvalue weighted by Gasteiger charge is -2.35. The van der Waals surface area contributed by atoms with E-state index in [1.807, 2.05) is 43.1 Å². The molecule has 2 heterocycles. The fourth-order valence-corrected chi connectivity index (χ4v) is 4.16. The van der Waals surface area contributed by atoms with Crippen LogP contribution in [0, 0.1) is 0 Å². The minimum atomic E-state index is 0.0972. The summed E-state index contributed by atoms with van der Waals surface area (Å²) in [6, 6.07) is 10.2. The average molecular weight is 359 g/mol. The maximum atomic E-state index is 12.6. The molecule has 1 saturated heterocycles. The quantitative estimate of drug-likeness (QED) is 0.769. The zero-order valence-corrected chi connectivity index (χ0v) is 15.8. The Morgan fingerprint density at radius 1 is 1.24 bits per heavy atom. The highest BCUT2D eigenvalue weighted by Crippen LogP contribution is 2.26. The lowest BCUT2D eigenvalue weighted by Crippen LogP contribution is -2.48. The van der Waals surface area contributed by atoms with E-state index < -0.39 is 0 Å². The first-order chi connectivity index (χ1) is 12.1. The number of nitrogens with zero attached hydrogens (tertiary/aromatic N) is 3. The second-order valence-corrected chi connectivity index (χ2v) is 7.32. The molecule has 1 aromatic heterocycles. The number of aromatic nitrogens is 2. The Kier molecular flexibility index (Phi) is 5.81. The topological polar surface area (TPSA) is 47.4 Å². The largest absolute Gasteiger partial charge is 0.372 e. The number of carbonyl (C=O) groups excluding carboxylic acids is 1. The molecule has 1 aromatic carbocycles. The van der Waals surface area contributed by atoms with Gasteiger partial charge in [-0.25, -0.2) is 4.98 Å². The zero-order chi connectivity index (χ0) is 17.8. The van der Waals surface area contributed by atoms with E-state index in [0.29, 0.717) is 18.8 Å². The number of hydrogen-bond acceptors (Lipinski definition) is 4. The van der Waals surface area contributed by atoms with Gasteiger partial charge in [0, 0.05) is 19.6 Å². The summed E-state index contributed by atoms with van der Waals surface area (Å²) in [5.41, 5.74) is 2.23. The standard InChI is InChI=1S/C19H25N3O2S/c1-4-22-17(16-8-6-5-7-9-16)10-20-19(22)25-13-18(23)21-11-14(2)24-15(3)12-21/h5-10,14-15H,4,11-13H2,1-3H3. The fourth-order valence-electron chi connectivity index (χ4n) is 3.22. The first-order valence-electron chi connectivity index (χ1n) is 8.75. The first kappa shape index (κ1) is 18.0. The van der Waals surface area contributed by atoms with Gasteiger partial charge in [0.15, 0.2) is 5.16 Å². The van der Waals surface area contributed by atoms with Gasteiger partial charge >= 0.3 is 0 Å². The summed E-state index contributed by atoms with van der Waals surface area (Å²) in [6.07, 6.45) is 2.09. The molecule has 0 radical (unpaired) electrons. The van der Waals surface area contributed by atoms with Crippen LogP contribution in [0.5, 0.6) is 0 Å². The molecule has 0 bridgehead atoms. The maximum Gasteiger partial charge on any atom is 0.233 e. The Morgan fingerprint density at radius 3 is 2.56 bits per heavy atom. The molecule has 3 rings (SSSR count). The Morgan fingerprint density at radius 2 is 1.92 bits per heavy atom. The number of thioether (sulfide) groups is 1. The van der Waals surface area contributed by atoms with Gasteiger partial charge in [-0.15, -0.1) is 0 Å². The van der Waals surface area contributed by atoms with Gasteiger partial charge in [-0.3, -0.25) is 4.79 Å². The summed E-state index contributed by atoms with van der Waals surface area (Å²) in [5.74, 6) is 0.559. The smallest absolute Gasteiger partial charge is 0.233 e. The lowest BCUT2D eigenvalue weighted by atomic mass is 10.2. The van der Waals surface area contributed by atoms with Gasteiger partial charge in [-0.2, -0.15) is 0 Å². The number of ether oxygens (including phenoxy) is 1. The second kappa shape index (κ2) is 8.06. The van der Waals surface area contributed by atoms with Crippen LogP contribution in [0.1, 0.15) is 20.8 Å².